The number of nitrogens with one attached hydrogen (secondary N) is 1. The van der Waals surface area contributed by atoms with E-state index in [1.54, 1.807) is 5.56 Å². The minimum Gasteiger partial charge on any atom is -0.355 e. The maximum absolute atomic E-state index is 4.09. The number of fused-ring (bicyclic) bond motifs is 17. The highest BCUT2D eigenvalue weighted by Crippen LogP contribution is 2.70. The van der Waals surface area contributed by atoms with Gasteiger partial charge < -0.3 is 10.2 Å². The molecule has 0 radical (unpaired) electrons. The van der Waals surface area contributed by atoms with Crippen LogP contribution >= 0.6 is 0 Å². The van der Waals surface area contributed by atoms with Gasteiger partial charge in [0.2, 0.25) is 0 Å². The highest BCUT2D eigenvalue weighted by molar-refractivity contribution is 5.99. The van der Waals surface area contributed by atoms with Gasteiger partial charge in [0.1, 0.15) is 0 Å². The van der Waals surface area contributed by atoms with Crippen molar-refractivity contribution in [3.8, 4) is 22.3 Å². The molecule has 10 aromatic rings. The predicted molar refractivity (Wildman–Crippen MR) is 282 cm³/mol. The molecule has 68 heavy (non-hydrogen) atoms. The minimum absolute atomic E-state index is 0.306. The zero-order valence-corrected chi connectivity index (χ0v) is 37.9. The summed E-state index contributed by atoms with van der Waals surface area (Å²) in [6.45, 7) is 0. The number of para-hydroxylation sites is 2. The van der Waals surface area contributed by atoms with Gasteiger partial charge in [-0.2, -0.15) is 0 Å². The first kappa shape index (κ1) is 39.2. The lowest BCUT2D eigenvalue weighted by Gasteiger charge is -2.52. The Hall–Kier alpha value is -7.94. The van der Waals surface area contributed by atoms with Gasteiger partial charge in [0, 0.05) is 39.1 Å². The van der Waals surface area contributed by atoms with Crippen LogP contribution in [0.4, 0.5) is 28.4 Å². The van der Waals surface area contributed by atoms with Crippen LogP contribution in [0.3, 0.4) is 0 Å². The number of rotatable bonds is 6. The molecule has 2 heteroatoms. The average Bonchev–Trinajstić information content (AvgIpc) is 3.87. The molecule has 2 nitrogen and oxygen atoms in total. The highest BCUT2D eigenvalue weighted by atomic mass is 15.1. The summed E-state index contributed by atoms with van der Waals surface area (Å²) < 4.78 is 0. The average molecular weight is 871 g/mol. The number of benzene rings is 10. The van der Waals surface area contributed by atoms with Gasteiger partial charge in [0.25, 0.3) is 0 Å². The molecule has 0 aromatic heterocycles. The fourth-order valence-electron chi connectivity index (χ4n) is 13.8. The molecule has 0 heterocycles. The van der Waals surface area contributed by atoms with E-state index in [1.165, 1.54) is 86.5 Å². The topological polar surface area (TPSA) is 15.3 Å². The summed E-state index contributed by atoms with van der Waals surface area (Å²) in [6, 6.07) is 89.0. The second-order valence-electron chi connectivity index (χ2n) is 19.4. The molecule has 4 aliphatic rings. The second-order valence-corrected chi connectivity index (χ2v) is 19.4. The molecule has 14 rings (SSSR count). The number of anilines is 5. The van der Waals surface area contributed by atoms with Crippen molar-refractivity contribution in [2.75, 3.05) is 10.2 Å². The summed E-state index contributed by atoms with van der Waals surface area (Å²) >= 11 is 0. The molecule has 0 bridgehead atoms. The Morgan fingerprint density at radius 2 is 1.01 bits per heavy atom. The molecule has 10 aromatic carbocycles. The van der Waals surface area contributed by atoms with Gasteiger partial charge >= 0.3 is 0 Å². The molecule has 0 amide bonds. The summed E-state index contributed by atoms with van der Waals surface area (Å²) in [5.74, 6) is 0.976. The van der Waals surface area contributed by atoms with Gasteiger partial charge in [-0.05, 0) is 140 Å². The second kappa shape index (κ2) is 15.3. The van der Waals surface area contributed by atoms with Crippen molar-refractivity contribution in [3.63, 3.8) is 0 Å². The number of hydrogen-bond acceptors (Lipinski definition) is 2. The van der Waals surface area contributed by atoms with Gasteiger partial charge in [-0.15, -0.1) is 0 Å². The van der Waals surface area contributed by atoms with Crippen molar-refractivity contribution in [1.29, 1.82) is 0 Å². The first-order valence-corrected chi connectivity index (χ1v) is 24.6. The minimum atomic E-state index is -0.461. The summed E-state index contributed by atoms with van der Waals surface area (Å²) in [6.07, 6.45) is 5.00. The Morgan fingerprint density at radius 3 is 1.84 bits per heavy atom. The molecule has 4 aliphatic carbocycles. The third-order valence-electron chi connectivity index (χ3n) is 16.3. The van der Waals surface area contributed by atoms with Crippen molar-refractivity contribution in [2.45, 2.75) is 42.4 Å². The quantitative estimate of drug-likeness (QED) is 0.179. The van der Waals surface area contributed by atoms with Crippen LogP contribution in [0.15, 0.2) is 237 Å². The van der Waals surface area contributed by atoms with Crippen LogP contribution in [0.2, 0.25) is 0 Å². The van der Waals surface area contributed by atoms with Crippen LogP contribution in [0.5, 0.6) is 0 Å². The van der Waals surface area contributed by atoms with Crippen molar-refractivity contribution < 1.29 is 0 Å². The Kier molecular flexibility index (Phi) is 8.83. The van der Waals surface area contributed by atoms with Crippen molar-refractivity contribution in [2.24, 2.45) is 5.92 Å². The van der Waals surface area contributed by atoms with E-state index in [-0.39, 0.29) is 5.41 Å². The van der Waals surface area contributed by atoms with Crippen LogP contribution in [-0.4, -0.2) is 0 Å². The van der Waals surface area contributed by atoms with Gasteiger partial charge in [0.05, 0.1) is 11.1 Å². The molecular weight excluding hydrogens is 821 g/mol. The van der Waals surface area contributed by atoms with Crippen molar-refractivity contribution >= 4 is 39.2 Å². The predicted octanol–water partition coefficient (Wildman–Crippen LogP) is 17.0. The van der Waals surface area contributed by atoms with E-state index in [1.807, 2.05) is 0 Å². The molecule has 324 valence electrons. The zero-order chi connectivity index (χ0) is 44.8. The Balaban J connectivity index is 0.961. The van der Waals surface area contributed by atoms with Gasteiger partial charge in [-0.1, -0.05) is 201 Å². The van der Waals surface area contributed by atoms with E-state index in [0.717, 1.165) is 39.6 Å². The fraction of sp³-hybridized carbons (Fsp3) is 0.121. The summed E-state index contributed by atoms with van der Waals surface area (Å²) in [4.78, 5) is 2.40. The standard InChI is InChI=1S/C66H50N2/c1-2-23-47(24-3-1)68(64-39-19-21-44-20-4-5-27-50(44)64)48-25-18-22-45(42-48)49-26-10-17-38-63(49)67-46-40-41-61-62(43-46)66(57-34-13-8-30-53(57)54-31-9-14-35-58(54)66)60-37-16-15-36-59(60)65(61)55-32-11-6-28-51(55)52-29-7-12-33-56(52)65/h1-8,10-13,15-30,32-34,36-43,54,58,67H,9,14,31,35H2/t54-,58?,66?/m1/s1. The van der Waals surface area contributed by atoms with E-state index >= 15 is 0 Å². The smallest absolute Gasteiger partial charge is 0.0719 e. The third kappa shape index (κ3) is 5.46. The molecule has 3 atom stereocenters. The molecule has 2 spiro atoms. The molecular formula is C66H50N2. The normalized spacial score (nSPS) is 18.8. The van der Waals surface area contributed by atoms with Crippen LogP contribution in [0.1, 0.15) is 76.1 Å². The maximum Gasteiger partial charge on any atom is 0.0719 e. The Labute approximate surface area is 399 Å². The first-order valence-electron chi connectivity index (χ1n) is 24.6. The van der Waals surface area contributed by atoms with Gasteiger partial charge in [-0.25, -0.2) is 0 Å². The lowest BCUT2D eigenvalue weighted by molar-refractivity contribution is 0.256. The van der Waals surface area contributed by atoms with Crippen LogP contribution in [0.25, 0.3) is 33.0 Å². The molecule has 1 saturated carbocycles. The Morgan fingerprint density at radius 1 is 0.412 bits per heavy atom. The Bertz CT molecular complexity index is 3550. The van der Waals surface area contributed by atoms with Gasteiger partial charge in [0.15, 0.2) is 0 Å². The lowest BCUT2D eigenvalue weighted by atomic mass is 9.50. The van der Waals surface area contributed by atoms with E-state index in [9.17, 15) is 0 Å². The summed E-state index contributed by atoms with van der Waals surface area (Å²) in [5, 5.41) is 6.53. The fourth-order valence-corrected chi connectivity index (χ4v) is 13.8. The van der Waals surface area contributed by atoms with E-state index in [0.29, 0.717) is 11.8 Å². The van der Waals surface area contributed by atoms with E-state index < -0.39 is 5.41 Å². The van der Waals surface area contributed by atoms with Crippen LogP contribution < -0.4 is 10.2 Å². The highest BCUT2D eigenvalue weighted by Gasteiger charge is 2.62. The van der Waals surface area contributed by atoms with Crippen LogP contribution in [0, 0.1) is 5.92 Å². The van der Waals surface area contributed by atoms with Crippen LogP contribution in [-0.2, 0) is 10.8 Å². The number of nitrogens with zero attached hydrogens (tertiary/aromatic N) is 1. The molecule has 0 aliphatic heterocycles. The molecule has 1 N–H and O–H groups in total. The summed E-state index contributed by atoms with van der Waals surface area (Å²) in [5.41, 5.74) is 21.4. The van der Waals surface area contributed by atoms with E-state index in [2.05, 4.69) is 247 Å². The largest absolute Gasteiger partial charge is 0.355 e. The molecule has 1 fully saturated rings. The lowest BCUT2D eigenvalue weighted by Crippen LogP contribution is -2.47. The zero-order valence-electron chi connectivity index (χ0n) is 37.9. The SMILES string of the molecule is c1ccc(N(c2cccc(-c3ccccc3Nc3ccc4c(c3)C3(c5ccccc5[C@H]5CCCCC53)c3ccccc3C43c4ccccc4-c4ccccc43)c2)c2cccc3ccccc23)cc1. The molecule has 2 unspecified atom stereocenters. The monoisotopic (exact) mass is 870 g/mol. The van der Waals surface area contributed by atoms with Crippen molar-refractivity contribution in [1.82, 2.24) is 0 Å². The molecule has 0 saturated heterocycles. The third-order valence-corrected chi connectivity index (χ3v) is 16.3. The van der Waals surface area contributed by atoms with Gasteiger partial charge in [-0.3, -0.25) is 0 Å². The summed E-state index contributed by atoms with van der Waals surface area (Å²) in [7, 11) is 0. The maximum atomic E-state index is 4.09. The van der Waals surface area contributed by atoms with E-state index in [4.69, 9.17) is 0 Å². The first-order chi connectivity index (χ1) is 33.7. The number of hydrogen-bond donors (Lipinski definition) is 1. The van der Waals surface area contributed by atoms with Crippen molar-refractivity contribution in [3.05, 3.63) is 281 Å².